The Bertz CT molecular complexity index is 293. The minimum atomic E-state index is -1.48. The van der Waals surface area contributed by atoms with E-state index in [1.807, 2.05) is 0 Å². The Morgan fingerprint density at radius 1 is 1.00 bits per heavy atom. The van der Waals surface area contributed by atoms with Crippen molar-refractivity contribution < 1.29 is 34.0 Å². The van der Waals surface area contributed by atoms with Crippen molar-refractivity contribution in [3.63, 3.8) is 0 Å². The molecule has 0 aliphatic carbocycles. The smallest absolute Gasteiger partial charge is 0.450 e. The monoisotopic (exact) mass is 216 g/mol. The van der Waals surface area contributed by atoms with Crippen molar-refractivity contribution in [2.45, 2.75) is 24.4 Å². The molecule has 7 heteroatoms. The van der Waals surface area contributed by atoms with Gasteiger partial charge in [0.25, 0.3) is 0 Å². The molecule has 1 saturated heterocycles. The molecule has 4 atom stereocenters. The molecule has 2 rings (SSSR count). The summed E-state index contributed by atoms with van der Waals surface area (Å²) in [6.07, 6.45) is -2.68. The SMILES string of the molecule is O=C(O)O[C@@H]1[C@@H](OC(=O)O)[C@H]2C=C[C@H]1O2. The Kier molecular flexibility index (Phi) is 2.24. The van der Waals surface area contributed by atoms with Gasteiger partial charge in [0.05, 0.1) is 0 Å². The van der Waals surface area contributed by atoms with Crippen molar-refractivity contribution in [2.24, 2.45) is 0 Å². The molecule has 2 aliphatic heterocycles. The molecule has 0 radical (unpaired) electrons. The highest BCUT2D eigenvalue weighted by Gasteiger charge is 2.51. The van der Waals surface area contributed by atoms with Gasteiger partial charge in [-0.3, -0.25) is 0 Å². The zero-order valence-electron chi connectivity index (χ0n) is 7.40. The van der Waals surface area contributed by atoms with Crippen LogP contribution in [-0.2, 0) is 14.2 Å². The third-order valence-electron chi connectivity index (χ3n) is 2.25. The number of ether oxygens (including phenoxy) is 3. The first kappa shape index (κ1) is 9.78. The molecule has 0 unspecified atom stereocenters. The van der Waals surface area contributed by atoms with Crippen LogP contribution in [-0.4, -0.2) is 46.9 Å². The van der Waals surface area contributed by atoms with Crippen LogP contribution in [0.25, 0.3) is 0 Å². The lowest BCUT2D eigenvalue weighted by Crippen LogP contribution is -2.41. The zero-order valence-corrected chi connectivity index (χ0v) is 7.40. The van der Waals surface area contributed by atoms with Crippen LogP contribution >= 0.6 is 0 Å². The second-order valence-electron chi connectivity index (χ2n) is 3.15. The molecule has 82 valence electrons. The van der Waals surface area contributed by atoms with Crippen molar-refractivity contribution in [3.05, 3.63) is 12.2 Å². The van der Waals surface area contributed by atoms with Crippen molar-refractivity contribution in [1.29, 1.82) is 0 Å². The molecule has 0 aromatic carbocycles. The molecule has 0 amide bonds. The first-order valence-corrected chi connectivity index (χ1v) is 4.21. The van der Waals surface area contributed by atoms with Gasteiger partial charge in [-0.2, -0.15) is 0 Å². The standard InChI is InChI=1S/C8H8O7/c9-7(10)14-5-3-1-2-4(13-3)6(5)15-8(11)12/h1-6H,(H,9,10)(H,11,12)/t3-,4-,5+,6+/m1/s1. The van der Waals surface area contributed by atoms with Crippen LogP contribution in [0.3, 0.4) is 0 Å². The predicted octanol–water partition coefficient (Wildman–Crippen LogP) is 0.450. The van der Waals surface area contributed by atoms with E-state index in [4.69, 9.17) is 14.9 Å². The second-order valence-corrected chi connectivity index (χ2v) is 3.15. The maximum Gasteiger partial charge on any atom is 0.506 e. The first-order chi connectivity index (χ1) is 7.08. The highest BCUT2D eigenvalue weighted by molar-refractivity contribution is 5.59. The van der Waals surface area contributed by atoms with Crippen LogP contribution in [0.1, 0.15) is 0 Å². The molecule has 0 aromatic heterocycles. The van der Waals surface area contributed by atoms with E-state index in [0.717, 1.165) is 0 Å². The van der Waals surface area contributed by atoms with Gasteiger partial charge >= 0.3 is 12.3 Å². The lowest BCUT2D eigenvalue weighted by molar-refractivity contribution is -0.0302. The topological polar surface area (TPSA) is 102 Å². The normalized spacial score (nSPS) is 36.5. The van der Waals surface area contributed by atoms with E-state index in [-0.39, 0.29) is 0 Å². The quantitative estimate of drug-likeness (QED) is 0.510. The van der Waals surface area contributed by atoms with Crippen molar-refractivity contribution >= 4 is 12.3 Å². The zero-order chi connectivity index (χ0) is 11.0. The van der Waals surface area contributed by atoms with Crippen LogP contribution in [0.5, 0.6) is 0 Å². The number of hydrogen-bond donors (Lipinski definition) is 2. The van der Waals surface area contributed by atoms with E-state index < -0.39 is 36.7 Å². The number of rotatable bonds is 2. The predicted molar refractivity (Wildman–Crippen MR) is 43.6 cm³/mol. The summed E-state index contributed by atoms with van der Waals surface area (Å²) in [6, 6.07) is 0. The van der Waals surface area contributed by atoms with E-state index in [0.29, 0.717) is 0 Å². The molecule has 0 saturated carbocycles. The average molecular weight is 216 g/mol. The molecular formula is C8H8O7. The Morgan fingerprint density at radius 3 is 1.73 bits per heavy atom. The molecule has 2 N–H and O–H groups in total. The minimum Gasteiger partial charge on any atom is -0.450 e. The van der Waals surface area contributed by atoms with Crippen LogP contribution in [0.4, 0.5) is 9.59 Å². The summed E-state index contributed by atoms with van der Waals surface area (Å²) in [5.74, 6) is 0. The molecule has 7 nitrogen and oxygen atoms in total. The van der Waals surface area contributed by atoms with Crippen molar-refractivity contribution in [2.75, 3.05) is 0 Å². The third-order valence-corrected chi connectivity index (χ3v) is 2.25. The van der Waals surface area contributed by atoms with Crippen molar-refractivity contribution in [3.8, 4) is 0 Å². The summed E-state index contributed by atoms with van der Waals surface area (Å²) in [5.41, 5.74) is 0. The fourth-order valence-electron chi connectivity index (χ4n) is 1.74. The lowest BCUT2D eigenvalue weighted by Gasteiger charge is -2.22. The third kappa shape index (κ3) is 1.73. The molecule has 15 heavy (non-hydrogen) atoms. The summed E-state index contributed by atoms with van der Waals surface area (Å²) in [4.78, 5) is 20.7. The van der Waals surface area contributed by atoms with E-state index in [2.05, 4.69) is 9.47 Å². The van der Waals surface area contributed by atoms with Crippen LogP contribution in [0.15, 0.2) is 12.2 Å². The Hall–Kier alpha value is -1.76. The summed E-state index contributed by atoms with van der Waals surface area (Å²) in [7, 11) is 0. The summed E-state index contributed by atoms with van der Waals surface area (Å²) in [6.45, 7) is 0. The summed E-state index contributed by atoms with van der Waals surface area (Å²) < 4.78 is 14.2. The van der Waals surface area contributed by atoms with E-state index >= 15 is 0 Å². The van der Waals surface area contributed by atoms with Crippen molar-refractivity contribution in [1.82, 2.24) is 0 Å². The summed E-state index contributed by atoms with van der Waals surface area (Å²) >= 11 is 0. The highest BCUT2D eigenvalue weighted by atomic mass is 16.7. The van der Waals surface area contributed by atoms with E-state index in [1.165, 1.54) is 0 Å². The van der Waals surface area contributed by atoms with Crippen LogP contribution < -0.4 is 0 Å². The fraction of sp³-hybridized carbons (Fsp3) is 0.500. The van der Waals surface area contributed by atoms with E-state index in [9.17, 15) is 9.59 Å². The average Bonchev–Trinajstić information content (AvgIpc) is 2.67. The fourth-order valence-corrected chi connectivity index (χ4v) is 1.74. The largest absolute Gasteiger partial charge is 0.506 e. The van der Waals surface area contributed by atoms with Gasteiger partial charge in [0.2, 0.25) is 0 Å². The van der Waals surface area contributed by atoms with Gasteiger partial charge in [-0.15, -0.1) is 0 Å². The van der Waals surface area contributed by atoms with Gasteiger partial charge < -0.3 is 24.4 Å². The Balaban J connectivity index is 2.09. The molecular weight excluding hydrogens is 208 g/mol. The molecule has 1 fully saturated rings. The number of carboxylic acid groups (broad SMARTS) is 2. The number of hydrogen-bond acceptors (Lipinski definition) is 5. The van der Waals surface area contributed by atoms with E-state index in [1.54, 1.807) is 12.2 Å². The Labute approximate surface area is 83.8 Å². The Morgan fingerprint density at radius 2 is 1.40 bits per heavy atom. The van der Waals surface area contributed by atoms with Crippen LogP contribution in [0, 0.1) is 0 Å². The lowest BCUT2D eigenvalue weighted by atomic mass is 10.0. The first-order valence-electron chi connectivity index (χ1n) is 4.21. The minimum absolute atomic E-state index is 0.560. The molecule has 2 aliphatic rings. The maximum atomic E-state index is 10.4. The highest BCUT2D eigenvalue weighted by Crippen LogP contribution is 2.33. The molecule has 0 aromatic rings. The van der Waals surface area contributed by atoms with Gasteiger partial charge in [-0.05, 0) is 0 Å². The number of fused-ring (bicyclic) bond motifs is 2. The van der Waals surface area contributed by atoms with Gasteiger partial charge in [-0.25, -0.2) is 9.59 Å². The molecule has 2 bridgehead atoms. The van der Waals surface area contributed by atoms with Gasteiger partial charge in [0.15, 0.2) is 12.2 Å². The van der Waals surface area contributed by atoms with Crippen LogP contribution in [0.2, 0.25) is 0 Å². The van der Waals surface area contributed by atoms with Gasteiger partial charge in [0.1, 0.15) is 12.2 Å². The van der Waals surface area contributed by atoms with Gasteiger partial charge in [-0.1, -0.05) is 12.2 Å². The maximum absolute atomic E-state index is 10.4. The number of carbonyl (C=O) groups is 2. The summed E-state index contributed by atoms with van der Waals surface area (Å²) in [5, 5.41) is 16.9. The van der Waals surface area contributed by atoms with Gasteiger partial charge in [0, 0.05) is 0 Å². The molecule has 2 heterocycles. The molecule has 0 spiro atoms. The second kappa shape index (κ2) is 3.43.